The average Bonchev–Trinajstić information content (AvgIpc) is 3.11. The number of nitrogens with one attached hydrogen (secondary N) is 1. The third kappa shape index (κ3) is 4.56. The molecule has 3 rings (SSSR count). The first kappa shape index (κ1) is 22.4. The van der Waals surface area contributed by atoms with E-state index in [1.54, 1.807) is 17.8 Å². The van der Waals surface area contributed by atoms with Gasteiger partial charge in [0.1, 0.15) is 10.7 Å². The molecule has 1 N–H and O–H groups in total. The molecule has 2 aromatic rings. The number of hydrogen-bond acceptors (Lipinski definition) is 8. The Labute approximate surface area is 176 Å². The van der Waals surface area contributed by atoms with Crippen LogP contribution in [-0.4, -0.2) is 37.7 Å². The van der Waals surface area contributed by atoms with Crippen molar-refractivity contribution in [3.8, 4) is 0 Å². The second-order valence-corrected chi connectivity index (χ2v) is 10.0. The number of fused-ring (bicyclic) bond motifs is 1. The Balaban J connectivity index is 2.07. The van der Waals surface area contributed by atoms with Crippen LogP contribution >= 0.6 is 11.3 Å². The fourth-order valence-electron chi connectivity index (χ4n) is 2.95. The van der Waals surface area contributed by atoms with Crippen LogP contribution in [0.15, 0.2) is 22.4 Å². The van der Waals surface area contributed by atoms with Gasteiger partial charge >= 0.3 is 15.5 Å². The number of benzene rings is 1. The predicted molar refractivity (Wildman–Crippen MR) is 110 cm³/mol. The first-order chi connectivity index (χ1) is 13.9. The minimum absolute atomic E-state index is 0.0231. The summed E-state index contributed by atoms with van der Waals surface area (Å²) in [4.78, 5) is 1.86. The first-order valence-electron chi connectivity index (χ1n) is 9.12. The lowest BCUT2D eigenvalue weighted by molar-refractivity contribution is -0.0429. The molecule has 2 heterocycles. The molecule has 0 fully saturated rings. The topological polar surface area (TPSA) is 99.9 Å². The van der Waals surface area contributed by atoms with Crippen LogP contribution in [0.5, 0.6) is 0 Å². The first-order valence-corrected chi connectivity index (χ1v) is 11.4. The molecule has 1 aliphatic rings. The van der Waals surface area contributed by atoms with Gasteiger partial charge in [0.05, 0.1) is 5.69 Å². The smallest absolute Gasteiger partial charge is 0.374 e. The Morgan fingerprint density at radius 2 is 1.97 bits per heavy atom. The molecule has 1 atom stereocenters. The number of anilines is 2. The van der Waals surface area contributed by atoms with Crippen LogP contribution in [0.3, 0.4) is 0 Å². The lowest BCUT2D eigenvalue weighted by Crippen LogP contribution is -2.30. The monoisotopic (exact) mass is 462 g/mol. The van der Waals surface area contributed by atoms with Gasteiger partial charge in [-0.3, -0.25) is 4.72 Å². The average molecular weight is 463 g/mol. The SMILES string of the molecule is CC(C)c1nnc(N=Nc2cc3c(cc2NS(=O)(=O)C(F)(F)F)N(C)CCC3C)s1. The van der Waals surface area contributed by atoms with Crippen LogP contribution in [0.2, 0.25) is 0 Å². The molecule has 1 aromatic carbocycles. The number of aromatic nitrogens is 2. The normalized spacial score (nSPS) is 17.6. The molecule has 1 aromatic heterocycles. The molecule has 0 spiro atoms. The summed E-state index contributed by atoms with van der Waals surface area (Å²) in [5, 5.41) is 16.8. The van der Waals surface area contributed by atoms with Gasteiger partial charge in [-0.05, 0) is 30.0 Å². The third-order valence-electron chi connectivity index (χ3n) is 4.70. The quantitative estimate of drug-likeness (QED) is 0.609. The van der Waals surface area contributed by atoms with E-state index in [-0.39, 0.29) is 28.3 Å². The second-order valence-electron chi connectivity index (χ2n) is 7.37. The van der Waals surface area contributed by atoms with Crippen molar-refractivity contribution < 1.29 is 21.6 Å². The van der Waals surface area contributed by atoms with E-state index in [0.717, 1.165) is 17.0 Å². The van der Waals surface area contributed by atoms with Gasteiger partial charge in [0.2, 0.25) is 0 Å². The van der Waals surface area contributed by atoms with E-state index >= 15 is 0 Å². The van der Waals surface area contributed by atoms with Crippen LogP contribution in [0.25, 0.3) is 0 Å². The number of rotatable bonds is 5. The number of hydrogen-bond donors (Lipinski definition) is 1. The van der Waals surface area contributed by atoms with Crippen molar-refractivity contribution in [1.29, 1.82) is 0 Å². The Kier molecular flexibility index (Phi) is 6.05. The molecule has 0 aliphatic carbocycles. The highest BCUT2D eigenvalue weighted by molar-refractivity contribution is 7.93. The summed E-state index contributed by atoms with van der Waals surface area (Å²) in [6, 6.07) is 2.93. The van der Waals surface area contributed by atoms with Gasteiger partial charge in [0, 0.05) is 25.2 Å². The Bertz CT molecular complexity index is 1070. The number of nitrogens with zero attached hydrogens (tertiary/aromatic N) is 5. The zero-order valence-electron chi connectivity index (χ0n) is 16.7. The second kappa shape index (κ2) is 8.10. The molecule has 0 saturated heterocycles. The largest absolute Gasteiger partial charge is 0.516 e. The highest BCUT2D eigenvalue weighted by atomic mass is 32.2. The molecule has 13 heteroatoms. The zero-order chi connectivity index (χ0) is 22.3. The summed E-state index contributed by atoms with van der Waals surface area (Å²) in [7, 11) is -3.82. The number of sulfonamides is 1. The molecule has 164 valence electrons. The lowest BCUT2D eigenvalue weighted by atomic mass is 9.91. The third-order valence-corrected chi connectivity index (χ3v) is 6.91. The van der Waals surface area contributed by atoms with E-state index in [1.165, 1.54) is 17.4 Å². The Morgan fingerprint density at radius 1 is 1.27 bits per heavy atom. The summed E-state index contributed by atoms with van der Waals surface area (Å²) in [6.07, 6.45) is 0.849. The molecule has 0 bridgehead atoms. The fraction of sp³-hybridized carbons (Fsp3) is 0.529. The summed E-state index contributed by atoms with van der Waals surface area (Å²) in [5.41, 5.74) is -4.28. The lowest BCUT2D eigenvalue weighted by Gasteiger charge is -2.32. The van der Waals surface area contributed by atoms with Gasteiger partial charge in [0.25, 0.3) is 5.13 Å². The summed E-state index contributed by atoms with van der Waals surface area (Å²) in [5.74, 6) is 0.272. The fourth-order valence-corrected chi connectivity index (χ4v) is 4.18. The minimum atomic E-state index is -5.62. The van der Waals surface area contributed by atoms with E-state index < -0.39 is 15.5 Å². The van der Waals surface area contributed by atoms with Crippen molar-refractivity contribution in [3.63, 3.8) is 0 Å². The Hall–Kier alpha value is -2.28. The van der Waals surface area contributed by atoms with Gasteiger partial charge in [-0.1, -0.05) is 32.1 Å². The number of alkyl halides is 3. The Morgan fingerprint density at radius 3 is 2.57 bits per heavy atom. The molecular weight excluding hydrogens is 441 g/mol. The molecule has 1 unspecified atom stereocenters. The van der Waals surface area contributed by atoms with Crippen molar-refractivity contribution in [2.75, 3.05) is 23.2 Å². The maximum absolute atomic E-state index is 12.9. The van der Waals surface area contributed by atoms with Crippen molar-refractivity contribution in [2.45, 2.75) is 44.5 Å². The maximum atomic E-state index is 12.9. The van der Waals surface area contributed by atoms with Gasteiger partial charge in [-0.15, -0.1) is 20.4 Å². The molecule has 8 nitrogen and oxygen atoms in total. The highest BCUT2D eigenvalue weighted by Gasteiger charge is 2.46. The highest BCUT2D eigenvalue weighted by Crippen LogP contribution is 2.42. The van der Waals surface area contributed by atoms with Gasteiger partial charge in [0.15, 0.2) is 0 Å². The van der Waals surface area contributed by atoms with E-state index in [9.17, 15) is 21.6 Å². The summed E-state index contributed by atoms with van der Waals surface area (Å²) >= 11 is 1.20. The van der Waals surface area contributed by atoms with Crippen LogP contribution in [0.4, 0.5) is 35.4 Å². The van der Waals surface area contributed by atoms with Crippen LogP contribution in [-0.2, 0) is 10.0 Å². The maximum Gasteiger partial charge on any atom is 0.516 e. The molecule has 0 saturated carbocycles. The van der Waals surface area contributed by atoms with Gasteiger partial charge < -0.3 is 4.90 Å². The van der Waals surface area contributed by atoms with Crippen LogP contribution in [0, 0.1) is 0 Å². The molecule has 0 radical (unpaired) electrons. The predicted octanol–water partition coefficient (Wildman–Crippen LogP) is 5.28. The summed E-state index contributed by atoms with van der Waals surface area (Å²) < 4.78 is 63.8. The van der Waals surface area contributed by atoms with Crippen LogP contribution < -0.4 is 9.62 Å². The summed E-state index contributed by atoms with van der Waals surface area (Å²) in [6.45, 7) is 6.56. The molecule has 0 amide bonds. The van der Waals surface area contributed by atoms with E-state index in [4.69, 9.17) is 0 Å². The number of halogens is 3. The molecule has 1 aliphatic heterocycles. The van der Waals surface area contributed by atoms with Crippen molar-refractivity contribution in [1.82, 2.24) is 10.2 Å². The van der Waals surface area contributed by atoms with E-state index in [0.29, 0.717) is 12.2 Å². The zero-order valence-corrected chi connectivity index (χ0v) is 18.4. The number of azo groups is 1. The van der Waals surface area contributed by atoms with Crippen molar-refractivity contribution in [2.24, 2.45) is 10.2 Å². The van der Waals surface area contributed by atoms with Crippen molar-refractivity contribution >= 4 is 43.6 Å². The molecular formula is C17H21F3N6O2S2. The van der Waals surface area contributed by atoms with Crippen molar-refractivity contribution in [3.05, 3.63) is 22.7 Å². The minimum Gasteiger partial charge on any atom is -0.374 e. The molecule has 30 heavy (non-hydrogen) atoms. The van der Waals surface area contributed by atoms with E-state index in [2.05, 4.69) is 20.4 Å². The van der Waals surface area contributed by atoms with Crippen LogP contribution in [0.1, 0.15) is 49.6 Å². The van der Waals surface area contributed by atoms with Gasteiger partial charge in [-0.25, -0.2) is 0 Å². The van der Waals surface area contributed by atoms with Gasteiger partial charge in [-0.2, -0.15) is 21.6 Å². The standard InChI is InChI=1S/C17H21F3N6O2S2/c1-9(2)15-22-24-16(29-15)23-21-12-7-11-10(3)5-6-26(4)14(11)8-13(12)25-30(27,28)17(18,19)20/h7-10,25H,5-6H2,1-4H3. The van der Waals surface area contributed by atoms with E-state index in [1.807, 2.05) is 25.7 Å².